The SMILES string of the molecule is Cc1ccc2nc(Nc3ccc(C(=O)N4CCCC4)cc3OCC(F)(F)F)nn2c1. The van der Waals surface area contributed by atoms with Crippen molar-refractivity contribution >= 4 is 23.2 Å². The Morgan fingerprint density at radius 2 is 1.97 bits per heavy atom. The Hall–Kier alpha value is -3.30. The summed E-state index contributed by atoms with van der Waals surface area (Å²) >= 11 is 0. The number of likely N-dealkylation sites (tertiary alicyclic amines) is 1. The van der Waals surface area contributed by atoms with Crippen molar-refractivity contribution in [1.82, 2.24) is 19.5 Å². The Bertz CT molecular complexity index is 1070. The summed E-state index contributed by atoms with van der Waals surface area (Å²) < 4.78 is 44.8. The number of alkyl halides is 3. The van der Waals surface area contributed by atoms with E-state index in [-0.39, 0.29) is 28.9 Å². The Morgan fingerprint density at radius 3 is 2.70 bits per heavy atom. The van der Waals surface area contributed by atoms with Gasteiger partial charge in [-0.15, -0.1) is 5.10 Å². The summed E-state index contributed by atoms with van der Waals surface area (Å²) in [6.07, 6.45) is -0.888. The Labute approximate surface area is 170 Å². The van der Waals surface area contributed by atoms with Gasteiger partial charge in [0.15, 0.2) is 12.3 Å². The first-order chi connectivity index (χ1) is 14.3. The van der Waals surface area contributed by atoms with Crippen LogP contribution in [-0.4, -0.2) is 51.3 Å². The number of amides is 1. The molecule has 158 valence electrons. The van der Waals surface area contributed by atoms with Crippen LogP contribution in [0.1, 0.15) is 28.8 Å². The number of hydrogen-bond donors (Lipinski definition) is 1. The standard InChI is InChI=1S/C20H20F3N5O2/c1-13-4-7-17-25-19(26-28(17)11-13)24-15-6-5-14(18(29)27-8-2-3-9-27)10-16(15)30-12-20(21,22)23/h4-7,10-11H,2-3,8-9,12H2,1H3,(H,24,26). The molecule has 0 saturated carbocycles. The Balaban J connectivity index is 1.63. The van der Waals surface area contributed by atoms with Crippen molar-refractivity contribution in [2.75, 3.05) is 25.0 Å². The van der Waals surface area contributed by atoms with Gasteiger partial charge in [-0.3, -0.25) is 4.79 Å². The van der Waals surface area contributed by atoms with E-state index in [2.05, 4.69) is 15.4 Å². The first-order valence-corrected chi connectivity index (χ1v) is 9.51. The highest BCUT2D eigenvalue weighted by molar-refractivity contribution is 5.95. The Kier molecular flexibility index (Phi) is 5.23. The molecule has 1 aliphatic heterocycles. The van der Waals surface area contributed by atoms with Crippen LogP contribution in [-0.2, 0) is 0 Å². The lowest BCUT2D eigenvalue weighted by molar-refractivity contribution is -0.153. The molecule has 1 N–H and O–H groups in total. The van der Waals surface area contributed by atoms with Gasteiger partial charge in [0, 0.05) is 24.8 Å². The maximum Gasteiger partial charge on any atom is 0.422 e. The lowest BCUT2D eigenvalue weighted by Crippen LogP contribution is -2.27. The highest BCUT2D eigenvalue weighted by atomic mass is 19.4. The summed E-state index contributed by atoms with van der Waals surface area (Å²) in [5.74, 6) is -0.110. The van der Waals surface area contributed by atoms with Gasteiger partial charge < -0.3 is 15.0 Å². The highest BCUT2D eigenvalue weighted by Crippen LogP contribution is 2.31. The lowest BCUT2D eigenvalue weighted by Gasteiger charge is -2.18. The zero-order valence-electron chi connectivity index (χ0n) is 16.2. The topological polar surface area (TPSA) is 71.8 Å². The average molecular weight is 419 g/mol. The normalized spacial score (nSPS) is 14.3. The molecular weight excluding hydrogens is 399 g/mol. The molecule has 3 aromatic rings. The fourth-order valence-electron chi connectivity index (χ4n) is 3.30. The van der Waals surface area contributed by atoms with Crippen molar-refractivity contribution < 1.29 is 22.7 Å². The molecule has 0 unspecified atom stereocenters. The molecule has 3 heterocycles. The predicted molar refractivity (Wildman–Crippen MR) is 104 cm³/mol. The number of anilines is 2. The minimum Gasteiger partial charge on any atom is -0.482 e. The number of ether oxygens (including phenoxy) is 1. The molecule has 0 spiro atoms. The fraction of sp³-hybridized carbons (Fsp3) is 0.350. The highest BCUT2D eigenvalue weighted by Gasteiger charge is 2.29. The van der Waals surface area contributed by atoms with Crippen LogP contribution in [0.25, 0.3) is 5.65 Å². The molecule has 1 fully saturated rings. The number of rotatable bonds is 5. The van der Waals surface area contributed by atoms with E-state index in [9.17, 15) is 18.0 Å². The van der Waals surface area contributed by atoms with Crippen LogP contribution in [0.3, 0.4) is 0 Å². The minimum atomic E-state index is -4.51. The van der Waals surface area contributed by atoms with Crippen molar-refractivity contribution in [3.63, 3.8) is 0 Å². The third kappa shape index (κ3) is 4.47. The van der Waals surface area contributed by atoms with Crippen LogP contribution in [0.2, 0.25) is 0 Å². The molecule has 1 aromatic carbocycles. The van der Waals surface area contributed by atoms with E-state index in [1.165, 1.54) is 12.1 Å². The van der Waals surface area contributed by atoms with Gasteiger partial charge in [0.05, 0.1) is 5.69 Å². The number of aryl methyl sites for hydroxylation is 1. The second-order valence-electron chi connectivity index (χ2n) is 7.18. The van der Waals surface area contributed by atoms with Gasteiger partial charge in [-0.25, -0.2) is 4.52 Å². The van der Waals surface area contributed by atoms with E-state index in [1.54, 1.807) is 27.7 Å². The summed E-state index contributed by atoms with van der Waals surface area (Å²) in [5.41, 5.74) is 2.09. The van der Waals surface area contributed by atoms with E-state index < -0.39 is 12.8 Å². The molecule has 0 bridgehead atoms. The van der Waals surface area contributed by atoms with Gasteiger partial charge in [-0.1, -0.05) is 6.07 Å². The summed E-state index contributed by atoms with van der Waals surface area (Å²) in [6, 6.07) is 8.06. The third-order valence-electron chi connectivity index (χ3n) is 4.74. The number of benzene rings is 1. The minimum absolute atomic E-state index is 0.0904. The summed E-state index contributed by atoms with van der Waals surface area (Å²) in [4.78, 5) is 18.6. The van der Waals surface area contributed by atoms with Crippen LogP contribution in [0, 0.1) is 6.92 Å². The van der Waals surface area contributed by atoms with Crippen LogP contribution in [0.5, 0.6) is 5.75 Å². The van der Waals surface area contributed by atoms with Crippen molar-refractivity contribution in [2.24, 2.45) is 0 Å². The van der Waals surface area contributed by atoms with Gasteiger partial charge in [0.25, 0.3) is 5.91 Å². The van der Waals surface area contributed by atoms with Crippen LogP contribution < -0.4 is 10.1 Å². The van der Waals surface area contributed by atoms with Gasteiger partial charge in [-0.05, 0) is 49.6 Å². The molecule has 2 aromatic heterocycles. The van der Waals surface area contributed by atoms with Gasteiger partial charge in [0.1, 0.15) is 5.75 Å². The summed E-state index contributed by atoms with van der Waals surface area (Å²) in [6.45, 7) is 1.72. The largest absolute Gasteiger partial charge is 0.482 e. The van der Waals surface area contributed by atoms with E-state index in [0.717, 1.165) is 18.4 Å². The molecule has 1 amide bonds. The molecule has 4 rings (SSSR count). The zero-order chi connectivity index (χ0) is 21.3. The maximum absolute atomic E-state index is 12.7. The van der Waals surface area contributed by atoms with E-state index >= 15 is 0 Å². The maximum atomic E-state index is 12.7. The second-order valence-corrected chi connectivity index (χ2v) is 7.18. The third-order valence-corrected chi connectivity index (χ3v) is 4.74. The molecule has 30 heavy (non-hydrogen) atoms. The van der Waals surface area contributed by atoms with Crippen LogP contribution in [0.15, 0.2) is 36.5 Å². The number of carbonyl (C=O) groups is 1. The molecule has 0 atom stereocenters. The molecular formula is C20H20F3N5O2. The second kappa shape index (κ2) is 7.85. The number of hydrogen-bond acceptors (Lipinski definition) is 5. The predicted octanol–water partition coefficient (Wildman–Crippen LogP) is 3.96. The molecule has 10 heteroatoms. The lowest BCUT2D eigenvalue weighted by atomic mass is 10.1. The smallest absolute Gasteiger partial charge is 0.422 e. The monoisotopic (exact) mass is 419 g/mol. The van der Waals surface area contributed by atoms with Gasteiger partial charge in [0.2, 0.25) is 5.95 Å². The number of nitrogens with one attached hydrogen (secondary N) is 1. The molecule has 0 aliphatic carbocycles. The van der Waals surface area contributed by atoms with Crippen LogP contribution in [0.4, 0.5) is 24.8 Å². The van der Waals surface area contributed by atoms with E-state index in [4.69, 9.17) is 4.74 Å². The van der Waals surface area contributed by atoms with E-state index in [0.29, 0.717) is 18.7 Å². The van der Waals surface area contributed by atoms with Gasteiger partial charge in [-0.2, -0.15) is 18.2 Å². The van der Waals surface area contributed by atoms with Gasteiger partial charge >= 0.3 is 6.18 Å². The summed E-state index contributed by atoms with van der Waals surface area (Å²) in [5, 5.41) is 7.17. The van der Waals surface area contributed by atoms with Crippen molar-refractivity contribution in [3.8, 4) is 5.75 Å². The Morgan fingerprint density at radius 1 is 1.20 bits per heavy atom. The van der Waals surface area contributed by atoms with Crippen molar-refractivity contribution in [2.45, 2.75) is 25.9 Å². The van der Waals surface area contributed by atoms with Crippen molar-refractivity contribution in [1.29, 1.82) is 0 Å². The fourth-order valence-corrected chi connectivity index (χ4v) is 3.30. The van der Waals surface area contributed by atoms with Crippen molar-refractivity contribution in [3.05, 3.63) is 47.7 Å². The number of fused-ring (bicyclic) bond motifs is 1. The van der Waals surface area contributed by atoms with E-state index in [1.807, 2.05) is 13.0 Å². The number of aromatic nitrogens is 3. The number of nitrogens with zero attached hydrogens (tertiary/aromatic N) is 4. The average Bonchev–Trinajstić information content (AvgIpc) is 3.35. The molecule has 1 aliphatic rings. The zero-order valence-corrected chi connectivity index (χ0v) is 16.2. The number of pyridine rings is 1. The number of halogens is 3. The molecule has 0 radical (unpaired) electrons. The first kappa shape index (κ1) is 20.0. The molecule has 1 saturated heterocycles. The quantitative estimate of drug-likeness (QED) is 0.678. The number of carbonyl (C=O) groups excluding carboxylic acids is 1. The first-order valence-electron chi connectivity index (χ1n) is 9.51. The molecule has 7 nitrogen and oxygen atoms in total. The van der Waals surface area contributed by atoms with Crippen LogP contribution >= 0.6 is 0 Å². The summed E-state index contributed by atoms with van der Waals surface area (Å²) in [7, 11) is 0.